The number of hydrogen-bond donors (Lipinski definition) is 3. The molecule has 1 amide bonds. The summed E-state index contributed by atoms with van der Waals surface area (Å²) in [6, 6.07) is 9.90. The van der Waals surface area contributed by atoms with Crippen LogP contribution in [0.3, 0.4) is 0 Å². The van der Waals surface area contributed by atoms with Crippen molar-refractivity contribution in [3.63, 3.8) is 0 Å². The topological polar surface area (TPSA) is 100 Å². The van der Waals surface area contributed by atoms with E-state index in [1.807, 2.05) is 16.9 Å². The number of fused-ring (bicyclic) bond motifs is 1. The summed E-state index contributed by atoms with van der Waals surface area (Å²) in [5.41, 5.74) is 0.623. The number of aromatic nitrogens is 3. The normalized spacial score (nSPS) is 22.6. The Hall–Kier alpha value is -2.93. The molecule has 0 spiro atoms. The molecular weight excluding hydrogens is 332 g/mol. The molecule has 0 bridgehead atoms. The molecule has 7 heteroatoms. The van der Waals surface area contributed by atoms with Gasteiger partial charge in [0.1, 0.15) is 5.69 Å². The standard InChI is InChI=1S/C19H20N4O3/c24-17-10-16(21-14-5-2-1-4-13(14)17)19(26)22-15-8-12(9-18(15)25)11-23-7-3-6-20-23/h1-7,10,12,15,18,25H,8-9,11H2,(H,21,24)(H,22,26)/t12?,15-,18-/m1/s1. The van der Waals surface area contributed by atoms with Gasteiger partial charge in [0.2, 0.25) is 0 Å². The van der Waals surface area contributed by atoms with Crippen molar-refractivity contribution in [3.8, 4) is 0 Å². The lowest BCUT2D eigenvalue weighted by Crippen LogP contribution is -2.40. The second-order valence-electron chi connectivity index (χ2n) is 6.81. The average molecular weight is 352 g/mol. The van der Waals surface area contributed by atoms with Crippen molar-refractivity contribution >= 4 is 16.8 Å². The van der Waals surface area contributed by atoms with Gasteiger partial charge < -0.3 is 15.4 Å². The highest BCUT2D eigenvalue weighted by molar-refractivity contribution is 5.95. The maximum absolute atomic E-state index is 12.6. The molecule has 1 unspecified atom stereocenters. The van der Waals surface area contributed by atoms with Gasteiger partial charge in [0.15, 0.2) is 5.43 Å². The third-order valence-corrected chi connectivity index (χ3v) is 4.93. The van der Waals surface area contributed by atoms with Gasteiger partial charge in [-0.15, -0.1) is 0 Å². The predicted octanol–water partition coefficient (Wildman–Crippen LogP) is 1.29. The molecule has 1 saturated carbocycles. The predicted molar refractivity (Wildman–Crippen MR) is 96.8 cm³/mol. The van der Waals surface area contributed by atoms with Crippen molar-refractivity contribution < 1.29 is 9.90 Å². The highest BCUT2D eigenvalue weighted by Crippen LogP contribution is 2.27. The molecule has 2 aromatic heterocycles. The first-order chi connectivity index (χ1) is 12.6. The quantitative estimate of drug-likeness (QED) is 0.659. The number of aliphatic hydroxyl groups is 1. The van der Waals surface area contributed by atoms with Crippen molar-refractivity contribution in [2.45, 2.75) is 31.5 Å². The number of nitrogens with zero attached hydrogens (tertiary/aromatic N) is 2. The van der Waals surface area contributed by atoms with Crippen molar-refractivity contribution in [1.29, 1.82) is 0 Å². The van der Waals surface area contributed by atoms with Crippen LogP contribution in [0.4, 0.5) is 0 Å². The highest BCUT2D eigenvalue weighted by Gasteiger charge is 2.34. The SMILES string of the molecule is O=C(N[C@@H]1CC(Cn2cccn2)C[C@H]1O)c1cc(=O)c2ccccc2[nH]1. The minimum atomic E-state index is -0.605. The van der Waals surface area contributed by atoms with Crippen molar-refractivity contribution in [2.75, 3.05) is 0 Å². The molecule has 1 aromatic carbocycles. The van der Waals surface area contributed by atoms with Gasteiger partial charge in [0.05, 0.1) is 12.1 Å². The number of nitrogens with one attached hydrogen (secondary N) is 2. The Labute approximate surface area is 149 Å². The Bertz CT molecular complexity index is 980. The maximum Gasteiger partial charge on any atom is 0.268 e. The van der Waals surface area contributed by atoms with E-state index in [4.69, 9.17) is 0 Å². The number of para-hydroxylation sites is 1. The molecule has 3 aromatic rings. The molecule has 7 nitrogen and oxygen atoms in total. The van der Waals surface area contributed by atoms with Gasteiger partial charge in [-0.2, -0.15) is 5.10 Å². The zero-order valence-electron chi connectivity index (χ0n) is 14.1. The maximum atomic E-state index is 12.6. The summed E-state index contributed by atoms with van der Waals surface area (Å²) in [5.74, 6) is -0.137. The van der Waals surface area contributed by atoms with Crippen molar-refractivity contribution in [1.82, 2.24) is 20.1 Å². The molecule has 1 aliphatic carbocycles. The molecule has 1 fully saturated rings. The van der Waals surface area contributed by atoms with E-state index in [0.29, 0.717) is 30.3 Å². The number of carbonyl (C=O) groups excluding carboxylic acids is 1. The van der Waals surface area contributed by atoms with Gasteiger partial charge in [0, 0.05) is 35.9 Å². The van der Waals surface area contributed by atoms with Gasteiger partial charge in [-0.05, 0) is 37.0 Å². The van der Waals surface area contributed by atoms with Crippen LogP contribution in [-0.4, -0.2) is 37.9 Å². The Morgan fingerprint density at radius 3 is 2.96 bits per heavy atom. The minimum Gasteiger partial charge on any atom is -0.391 e. The lowest BCUT2D eigenvalue weighted by atomic mass is 10.1. The van der Waals surface area contributed by atoms with E-state index in [2.05, 4.69) is 15.4 Å². The summed E-state index contributed by atoms with van der Waals surface area (Å²) in [6.07, 6.45) is 4.29. The van der Waals surface area contributed by atoms with E-state index in [9.17, 15) is 14.7 Å². The first-order valence-corrected chi connectivity index (χ1v) is 8.68. The van der Waals surface area contributed by atoms with Crippen LogP contribution >= 0.6 is 0 Å². The van der Waals surface area contributed by atoms with E-state index in [-0.39, 0.29) is 29.0 Å². The zero-order valence-corrected chi connectivity index (χ0v) is 14.1. The van der Waals surface area contributed by atoms with Crippen LogP contribution in [0.15, 0.2) is 53.6 Å². The van der Waals surface area contributed by atoms with Gasteiger partial charge in [-0.25, -0.2) is 0 Å². The second kappa shape index (κ2) is 6.76. The summed E-state index contributed by atoms with van der Waals surface area (Å²) in [4.78, 5) is 27.7. The van der Waals surface area contributed by atoms with E-state index >= 15 is 0 Å². The Morgan fingerprint density at radius 2 is 2.15 bits per heavy atom. The van der Waals surface area contributed by atoms with Crippen LogP contribution in [0.25, 0.3) is 10.9 Å². The molecular formula is C19H20N4O3. The van der Waals surface area contributed by atoms with Crippen LogP contribution < -0.4 is 10.7 Å². The van der Waals surface area contributed by atoms with Crippen LogP contribution in [0.2, 0.25) is 0 Å². The summed E-state index contributed by atoms with van der Waals surface area (Å²) < 4.78 is 1.84. The Morgan fingerprint density at radius 1 is 1.31 bits per heavy atom. The van der Waals surface area contributed by atoms with E-state index in [1.165, 1.54) is 6.07 Å². The summed E-state index contributed by atoms with van der Waals surface area (Å²) >= 11 is 0. The molecule has 3 atom stereocenters. The van der Waals surface area contributed by atoms with Crippen molar-refractivity contribution in [2.24, 2.45) is 5.92 Å². The molecule has 0 saturated heterocycles. The number of carbonyl (C=O) groups is 1. The first kappa shape index (κ1) is 16.5. The third-order valence-electron chi connectivity index (χ3n) is 4.93. The lowest BCUT2D eigenvalue weighted by molar-refractivity contribution is 0.0868. The number of amides is 1. The van der Waals surface area contributed by atoms with Crippen LogP contribution in [0.1, 0.15) is 23.3 Å². The fourth-order valence-corrected chi connectivity index (χ4v) is 3.66. The van der Waals surface area contributed by atoms with Gasteiger partial charge >= 0.3 is 0 Å². The van der Waals surface area contributed by atoms with E-state index in [1.54, 1.807) is 30.5 Å². The number of aromatic amines is 1. The Kier molecular flexibility index (Phi) is 4.30. The number of rotatable bonds is 4. The number of pyridine rings is 1. The molecule has 134 valence electrons. The number of hydrogen-bond acceptors (Lipinski definition) is 4. The smallest absolute Gasteiger partial charge is 0.268 e. The van der Waals surface area contributed by atoms with E-state index in [0.717, 1.165) is 0 Å². The lowest BCUT2D eigenvalue weighted by Gasteiger charge is -2.16. The Balaban J connectivity index is 1.47. The molecule has 3 N–H and O–H groups in total. The third kappa shape index (κ3) is 3.25. The van der Waals surface area contributed by atoms with Gasteiger partial charge in [-0.3, -0.25) is 14.3 Å². The second-order valence-corrected chi connectivity index (χ2v) is 6.81. The molecule has 1 aliphatic rings. The summed E-state index contributed by atoms with van der Waals surface area (Å²) in [5, 5.41) is 17.9. The molecule has 0 aliphatic heterocycles. The fraction of sp³-hybridized carbons (Fsp3) is 0.316. The summed E-state index contributed by atoms with van der Waals surface area (Å²) in [7, 11) is 0. The summed E-state index contributed by atoms with van der Waals surface area (Å²) in [6.45, 7) is 0.712. The first-order valence-electron chi connectivity index (χ1n) is 8.68. The average Bonchev–Trinajstić information content (AvgIpc) is 3.25. The number of benzene rings is 1. The minimum absolute atomic E-state index is 0.201. The zero-order chi connectivity index (χ0) is 18.1. The number of H-pyrrole nitrogens is 1. The van der Waals surface area contributed by atoms with Crippen LogP contribution in [0.5, 0.6) is 0 Å². The van der Waals surface area contributed by atoms with Crippen molar-refractivity contribution in [3.05, 3.63) is 64.7 Å². The fourth-order valence-electron chi connectivity index (χ4n) is 3.66. The number of aliphatic hydroxyl groups excluding tert-OH is 1. The largest absolute Gasteiger partial charge is 0.391 e. The highest BCUT2D eigenvalue weighted by atomic mass is 16.3. The van der Waals surface area contributed by atoms with E-state index < -0.39 is 6.10 Å². The molecule has 26 heavy (non-hydrogen) atoms. The molecule has 0 radical (unpaired) electrons. The van der Waals surface area contributed by atoms with Crippen LogP contribution in [-0.2, 0) is 6.54 Å². The molecule has 2 heterocycles. The van der Waals surface area contributed by atoms with Gasteiger partial charge in [-0.1, -0.05) is 12.1 Å². The monoisotopic (exact) mass is 352 g/mol. The molecule has 4 rings (SSSR count). The van der Waals surface area contributed by atoms with Gasteiger partial charge in [0.25, 0.3) is 5.91 Å². The van der Waals surface area contributed by atoms with Crippen LogP contribution in [0, 0.1) is 5.92 Å².